The van der Waals surface area contributed by atoms with Crippen LogP contribution in [0.3, 0.4) is 0 Å². The van der Waals surface area contributed by atoms with Crippen LogP contribution in [0.2, 0.25) is 0 Å². The number of hydrogen-bond donors (Lipinski definition) is 1. The van der Waals surface area contributed by atoms with E-state index in [0.717, 1.165) is 0 Å². The lowest BCUT2D eigenvalue weighted by Gasteiger charge is -2.19. The lowest BCUT2D eigenvalue weighted by atomic mass is 10.3. The number of aromatic nitrogens is 2. The van der Waals surface area contributed by atoms with E-state index in [2.05, 4.69) is 15.5 Å². The van der Waals surface area contributed by atoms with E-state index in [9.17, 15) is 0 Å². The van der Waals surface area contributed by atoms with Gasteiger partial charge in [0.25, 0.3) is 5.89 Å². The highest BCUT2D eigenvalue weighted by Crippen LogP contribution is 2.18. The molecule has 1 aromatic heterocycles. The van der Waals surface area contributed by atoms with Gasteiger partial charge in [0.2, 0.25) is 0 Å². The van der Waals surface area contributed by atoms with Crippen molar-refractivity contribution in [2.24, 2.45) is 0 Å². The number of ether oxygens (including phenoxy) is 2. The Labute approximate surface area is 81.6 Å². The topological polar surface area (TPSA) is 69.4 Å². The highest BCUT2D eigenvalue weighted by molar-refractivity contribution is 4.90. The molecule has 1 unspecified atom stereocenters. The minimum absolute atomic E-state index is 0.207. The van der Waals surface area contributed by atoms with Crippen LogP contribution in [-0.2, 0) is 16.0 Å². The maximum atomic E-state index is 5.41. The Kier molecular flexibility index (Phi) is 3.07. The molecule has 1 aliphatic heterocycles. The Morgan fingerprint density at radius 3 is 3.14 bits per heavy atom. The molecule has 0 aromatic carbocycles. The molecule has 1 aliphatic rings. The van der Waals surface area contributed by atoms with E-state index in [-0.39, 0.29) is 6.10 Å². The van der Waals surface area contributed by atoms with Gasteiger partial charge in [-0.15, -0.1) is 0 Å². The fourth-order valence-electron chi connectivity index (χ4n) is 1.26. The average Bonchev–Trinajstić information content (AvgIpc) is 2.68. The summed E-state index contributed by atoms with van der Waals surface area (Å²) in [5.41, 5.74) is 0. The van der Waals surface area contributed by atoms with E-state index in [1.165, 1.54) is 0 Å². The predicted octanol–water partition coefficient (Wildman–Crippen LogP) is -0.123. The van der Waals surface area contributed by atoms with Crippen molar-refractivity contribution in [1.29, 1.82) is 0 Å². The first-order valence-electron chi connectivity index (χ1n) is 4.56. The van der Waals surface area contributed by atoms with Gasteiger partial charge < -0.3 is 19.3 Å². The fraction of sp³-hybridized carbons (Fsp3) is 0.750. The summed E-state index contributed by atoms with van der Waals surface area (Å²) in [7, 11) is 1.83. The molecule has 1 fully saturated rings. The molecular weight excluding hydrogens is 186 g/mol. The summed E-state index contributed by atoms with van der Waals surface area (Å²) >= 11 is 0. The molecule has 0 bridgehead atoms. The molecule has 1 saturated heterocycles. The van der Waals surface area contributed by atoms with Crippen molar-refractivity contribution >= 4 is 0 Å². The van der Waals surface area contributed by atoms with Crippen LogP contribution in [0.25, 0.3) is 0 Å². The Morgan fingerprint density at radius 2 is 2.43 bits per heavy atom. The second-order valence-electron chi connectivity index (χ2n) is 3.01. The van der Waals surface area contributed by atoms with Crippen LogP contribution in [0.5, 0.6) is 0 Å². The zero-order valence-electron chi connectivity index (χ0n) is 8.02. The molecule has 14 heavy (non-hydrogen) atoms. The van der Waals surface area contributed by atoms with Gasteiger partial charge in [0, 0.05) is 0 Å². The molecule has 1 N–H and O–H groups in total. The average molecular weight is 199 g/mol. The first-order valence-corrected chi connectivity index (χ1v) is 4.56. The van der Waals surface area contributed by atoms with Crippen LogP contribution in [0.15, 0.2) is 4.52 Å². The van der Waals surface area contributed by atoms with Crippen molar-refractivity contribution in [3.05, 3.63) is 11.7 Å². The van der Waals surface area contributed by atoms with Crippen molar-refractivity contribution in [3.8, 4) is 0 Å². The molecule has 1 aromatic rings. The Bertz CT molecular complexity index is 283. The normalized spacial score (nSPS) is 22.5. The van der Waals surface area contributed by atoms with Gasteiger partial charge in [0.05, 0.1) is 26.4 Å². The lowest BCUT2D eigenvalue weighted by molar-refractivity contribution is -0.101. The third-order valence-corrected chi connectivity index (χ3v) is 1.91. The number of nitrogens with zero attached hydrogens (tertiary/aromatic N) is 2. The monoisotopic (exact) mass is 199 g/mol. The summed E-state index contributed by atoms with van der Waals surface area (Å²) in [4.78, 5) is 4.18. The van der Waals surface area contributed by atoms with E-state index in [1.54, 1.807) is 0 Å². The zero-order chi connectivity index (χ0) is 9.80. The van der Waals surface area contributed by atoms with Crippen molar-refractivity contribution in [2.75, 3.05) is 26.9 Å². The molecular formula is C8H13N3O3. The quantitative estimate of drug-likeness (QED) is 0.731. The van der Waals surface area contributed by atoms with Crippen molar-refractivity contribution in [3.63, 3.8) is 0 Å². The summed E-state index contributed by atoms with van der Waals surface area (Å²) in [5.74, 6) is 1.13. The summed E-state index contributed by atoms with van der Waals surface area (Å²) < 4.78 is 15.7. The molecule has 0 saturated carbocycles. The Hall–Kier alpha value is -0.980. The molecule has 2 heterocycles. The van der Waals surface area contributed by atoms with Crippen LogP contribution in [-0.4, -0.2) is 37.0 Å². The number of nitrogens with one attached hydrogen (secondary N) is 1. The second kappa shape index (κ2) is 4.50. The van der Waals surface area contributed by atoms with Gasteiger partial charge in [-0.25, -0.2) is 0 Å². The van der Waals surface area contributed by atoms with Gasteiger partial charge >= 0.3 is 0 Å². The molecule has 6 heteroatoms. The maximum absolute atomic E-state index is 5.41. The first kappa shape index (κ1) is 9.57. The molecule has 0 aliphatic carbocycles. The number of hydrogen-bond acceptors (Lipinski definition) is 6. The highest BCUT2D eigenvalue weighted by Gasteiger charge is 2.22. The van der Waals surface area contributed by atoms with E-state index in [4.69, 9.17) is 14.0 Å². The predicted molar refractivity (Wildman–Crippen MR) is 46.6 cm³/mol. The van der Waals surface area contributed by atoms with E-state index in [1.807, 2.05) is 7.05 Å². The van der Waals surface area contributed by atoms with Crippen molar-refractivity contribution in [1.82, 2.24) is 15.5 Å². The molecule has 1 atom stereocenters. The molecule has 2 rings (SSSR count). The van der Waals surface area contributed by atoms with Crippen molar-refractivity contribution < 1.29 is 14.0 Å². The second-order valence-corrected chi connectivity index (χ2v) is 3.01. The SMILES string of the molecule is CNCc1noc(C2COCCO2)n1. The smallest absolute Gasteiger partial charge is 0.258 e. The van der Waals surface area contributed by atoms with Gasteiger partial charge in [-0.3, -0.25) is 0 Å². The summed E-state index contributed by atoms with van der Waals surface area (Å²) in [6.07, 6.45) is -0.207. The zero-order valence-corrected chi connectivity index (χ0v) is 8.02. The van der Waals surface area contributed by atoms with Gasteiger partial charge in [-0.1, -0.05) is 5.16 Å². The molecule has 0 spiro atoms. The van der Waals surface area contributed by atoms with E-state index in [0.29, 0.717) is 38.1 Å². The summed E-state index contributed by atoms with van der Waals surface area (Å²) in [6, 6.07) is 0. The van der Waals surface area contributed by atoms with Crippen LogP contribution in [0, 0.1) is 0 Å². The van der Waals surface area contributed by atoms with Crippen LogP contribution in [0.4, 0.5) is 0 Å². The van der Waals surface area contributed by atoms with Gasteiger partial charge in [-0.2, -0.15) is 4.98 Å². The Balaban J connectivity index is 2.00. The minimum Gasteiger partial charge on any atom is -0.376 e. The number of rotatable bonds is 3. The molecule has 0 radical (unpaired) electrons. The molecule has 0 amide bonds. The largest absolute Gasteiger partial charge is 0.376 e. The molecule has 78 valence electrons. The fourth-order valence-corrected chi connectivity index (χ4v) is 1.26. The van der Waals surface area contributed by atoms with Crippen LogP contribution >= 0.6 is 0 Å². The van der Waals surface area contributed by atoms with Crippen LogP contribution < -0.4 is 5.32 Å². The van der Waals surface area contributed by atoms with Gasteiger partial charge in [-0.05, 0) is 7.05 Å². The molecule has 6 nitrogen and oxygen atoms in total. The summed E-state index contributed by atoms with van der Waals surface area (Å²) in [6.45, 7) is 2.29. The van der Waals surface area contributed by atoms with E-state index >= 15 is 0 Å². The van der Waals surface area contributed by atoms with Crippen LogP contribution in [0.1, 0.15) is 17.8 Å². The van der Waals surface area contributed by atoms with Gasteiger partial charge in [0.15, 0.2) is 11.9 Å². The third kappa shape index (κ3) is 2.09. The lowest BCUT2D eigenvalue weighted by Crippen LogP contribution is -2.22. The van der Waals surface area contributed by atoms with Crippen molar-refractivity contribution in [2.45, 2.75) is 12.6 Å². The van der Waals surface area contributed by atoms with E-state index < -0.39 is 0 Å². The highest BCUT2D eigenvalue weighted by atomic mass is 16.6. The standard InChI is InChI=1S/C8H13N3O3/c1-9-4-7-10-8(14-11-7)6-5-12-2-3-13-6/h6,9H,2-5H2,1H3. The maximum Gasteiger partial charge on any atom is 0.258 e. The summed E-state index contributed by atoms with van der Waals surface area (Å²) in [5, 5.41) is 6.74. The Morgan fingerprint density at radius 1 is 1.50 bits per heavy atom. The minimum atomic E-state index is -0.207. The first-order chi connectivity index (χ1) is 6.90. The third-order valence-electron chi connectivity index (χ3n) is 1.91. The van der Waals surface area contributed by atoms with Gasteiger partial charge in [0.1, 0.15) is 0 Å².